The number of hydrogen-bond donors (Lipinski definition) is 1. The second-order valence-corrected chi connectivity index (χ2v) is 5.02. The standard InChI is InChI=1S/C15H19N3/c16-11-18-8-5-12(6-9-18)14-3-1-2-13-10-17-7-4-15(13)14/h1-4,7,10,12H,5-6,8-9,11,16H2. The minimum absolute atomic E-state index is 0.666. The van der Waals surface area contributed by atoms with E-state index in [9.17, 15) is 0 Å². The van der Waals surface area contributed by atoms with E-state index < -0.39 is 0 Å². The van der Waals surface area contributed by atoms with Gasteiger partial charge < -0.3 is 5.73 Å². The molecule has 3 rings (SSSR count). The van der Waals surface area contributed by atoms with Crippen LogP contribution in [0.25, 0.3) is 10.8 Å². The van der Waals surface area contributed by atoms with Crippen molar-refractivity contribution in [2.45, 2.75) is 18.8 Å². The van der Waals surface area contributed by atoms with Gasteiger partial charge in [0.15, 0.2) is 0 Å². The highest BCUT2D eigenvalue weighted by atomic mass is 15.2. The Balaban J connectivity index is 1.91. The van der Waals surface area contributed by atoms with Crippen LogP contribution in [-0.4, -0.2) is 29.6 Å². The Kier molecular flexibility index (Phi) is 3.26. The van der Waals surface area contributed by atoms with Crippen molar-refractivity contribution >= 4 is 10.8 Å². The quantitative estimate of drug-likeness (QED) is 0.877. The number of benzene rings is 1. The van der Waals surface area contributed by atoms with Crippen LogP contribution in [0.4, 0.5) is 0 Å². The topological polar surface area (TPSA) is 42.1 Å². The summed E-state index contributed by atoms with van der Waals surface area (Å²) < 4.78 is 0. The van der Waals surface area contributed by atoms with E-state index in [1.54, 1.807) is 0 Å². The Hall–Kier alpha value is -1.45. The lowest BCUT2D eigenvalue weighted by Gasteiger charge is -2.31. The lowest BCUT2D eigenvalue weighted by molar-refractivity contribution is 0.218. The molecule has 3 heteroatoms. The molecule has 2 N–H and O–H groups in total. The molecule has 0 atom stereocenters. The van der Waals surface area contributed by atoms with Crippen molar-refractivity contribution in [1.29, 1.82) is 0 Å². The summed E-state index contributed by atoms with van der Waals surface area (Å²) in [6, 6.07) is 8.70. The summed E-state index contributed by atoms with van der Waals surface area (Å²) in [5.74, 6) is 0.666. The minimum Gasteiger partial charge on any atom is -0.318 e. The summed E-state index contributed by atoms with van der Waals surface area (Å²) in [5.41, 5.74) is 7.17. The Morgan fingerprint density at radius 2 is 2.06 bits per heavy atom. The monoisotopic (exact) mass is 241 g/mol. The SMILES string of the molecule is NCN1CCC(c2cccc3cnccc23)CC1. The average Bonchev–Trinajstić information content (AvgIpc) is 2.47. The van der Waals surface area contributed by atoms with Gasteiger partial charge in [-0.05, 0) is 48.9 Å². The number of nitrogens with two attached hydrogens (primary N) is 1. The van der Waals surface area contributed by atoms with Gasteiger partial charge in [-0.3, -0.25) is 9.88 Å². The van der Waals surface area contributed by atoms with Gasteiger partial charge in [0.1, 0.15) is 0 Å². The van der Waals surface area contributed by atoms with Crippen molar-refractivity contribution in [1.82, 2.24) is 9.88 Å². The third-order valence-corrected chi connectivity index (χ3v) is 4.00. The zero-order valence-corrected chi connectivity index (χ0v) is 10.5. The molecule has 0 saturated carbocycles. The number of nitrogens with zero attached hydrogens (tertiary/aromatic N) is 2. The fourth-order valence-corrected chi connectivity index (χ4v) is 2.93. The van der Waals surface area contributed by atoms with Gasteiger partial charge in [-0.1, -0.05) is 18.2 Å². The van der Waals surface area contributed by atoms with E-state index in [4.69, 9.17) is 5.73 Å². The maximum atomic E-state index is 5.70. The number of likely N-dealkylation sites (tertiary alicyclic amines) is 1. The Morgan fingerprint density at radius 3 is 2.83 bits per heavy atom. The molecule has 2 heterocycles. The highest BCUT2D eigenvalue weighted by Gasteiger charge is 2.20. The fraction of sp³-hybridized carbons (Fsp3) is 0.400. The molecular formula is C15H19N3. The van der Waals surface area contributed by atoms with Crippen LogP contribution in [0.2, 0.25) is 0 Å². The highest BCUT2D eigenvalue weighted by Crippen LogP contribution is 2.32. The second kappa shape index (κ2) is 5.04. The van der Waals surface area contributed by atoms with Crippen LogP contribution in [0.15, 0.2) is 36.7 Å². The summed E-state index contributed by atoms with van der Waals surface area (Å²) in [6.07, 6.45) is 6.26. The molecule has 1 saturated heterocycles. The summed E-state index contributed by atoms with van der Waals surface area (Å²) in [7, 11) is 0. The maximum Gasteiger partial charge on any atom is 0.0455 e. The molecule has 2 aromatic rings. The lowest BCUT2D eigenvalue weighted by Crippen LogP contribution is -2.37. The Labute approximate surface area is 108 Å². The van der Waals surface area contributed by atoms with Crippen LogP contribution in [0, 0.1) is 0 Å². The number of hydrogen-bond acceptors (Lipinski definition) is 3. The van der Waals surface area contributed by atoms with Crippen molar-refractivity contribution < 1.29 is 0 Å². The van der Waals surface area contributed by atoms with E-state index in [1.165, 1.54) is 29.2 Å². The van der Waals surface area contributed by atoms with Crippen LogP contribution < -0.4 is 5.73 Å². The van der Waals surface area contributed by atoms with E-state index in [-0.39, 0.29) is 0 Å². The average molecular weight is 241 g/mol. The molecule has 1 fully saturated rings. The molecular weight excluding hydrogens is 222 g/mol. The summed E-state index contributed by atoms with van der Waals surface area (Å²) in [4.78, 5) is 6.52. The molecule has 18 heavy (non-hydrogen) atoms. The molecule has 94 valence electrons. The smallest absolute Gasteiger partial charge is 0.0455 e. The van der Waals surface area contributed by atoms with Crippen LogP contribution in [0.3, 0.4) is 0 Å². The zero-order valence-electron chi connectivity index (χ0n) is 10.5. The van der Waals surface area contributed by atoms with Crippen molar-refractivity contribution in [3.05, 3.63) is 42.2 Å². The van der Waals surface area contributed by atoms with Gasteiger partial charge in [-0.15, -0.1) is 0 Å². The summed E-state index contributed by atoms with van der Waals surface area (Å²) >= 11 is 0. The normalized spacial score (nSPS) is 18.3. The van der Waals surface area contributed by atoms with Crippen molar-refractivity contribution in [2.24, 2.45) is 5.73 Å². The number of fused-ring (bicyclic) bond motifs is 1. The first-order valence-corrected chi connectivity index (χ1v) is 6.63. The Morgan fingerprint density at radius 1 is 1.22 bits per heavy atom. The van der Waals surface area contributed by atoms with Crippen molar-refractivity contribution in [2.75, 3.05) is 19.8 Å². The van der Waals surface area contributed by atoms with Gasteiger partial charge >= 0.3 is 0 Å². The first-order valence-electron chi connectivity index (χ1n) is 6.63. The molecule has 0 spiro atoms. The molecule has 1 aliphatic heterocycles. The summed E-state index contributed by atoms with van der Waals surface area (Å²) in [5, 5.41) is 2.61. The van der Waals surface area contributed by atoms with Crippen LogP contribution in [0.5, 0.6) is 0 Å². The van der Waals surface area contributed by atoms with Gasteiger partial charge in [-0.2, -0.15) is 0 Å². The molecule has 1 aromatic carbocycles. The number of rotatable bonds is 2. The fourth-order valence-electron chi connectivity index (χ4n) is 2.93. The third-order valence-electron chi connectivity index (χ3n) is 4.00. The predicted octanol–water partition coefficient (Wildman–Crippen LogP) is 2.33. The molecule has 1 aromatic heterocycles. The van der Waals surface area contributed by atoms with Gasteiger partial charge in [0.05, 0.1) is 0 Å². The third kappa shape index (κ3) is 2.11. The summed E-state index contributed by atoms with van der Waals surface area (Å²) in [6.45, 7) is 2.91. The lowest BCUT2D eigenvalue weighted by atomic mass is 9.87. The predicted molar refractivity (Wildman–Crippen MR) is 74.3 cm³/mol. The first kappa shape index (κ1) is 11.6. The molecule has 1 aliphatic rings. The van der Waals surface area contributed by atoms with Crippen LogP contribution >= 0.6 is 0 Å². The van der Waals surface area contributed by atoms with E-state index in [1.807, 2.05) is 12.4 Å². The molecule has 0 amide bonds. The number of piperidine rings is 1. The molecule has 0 unspecified atom stereocenters. The van der Waals surface area contributed by atoms with E-state index in [2.05, 4.69) is 34.1 Å². The van der Waals surface area contributed by atoms with Gasteiger partial charge in [-0.25, -0.2) is 0 Å². The zero-order chi connectivity index (χ0) is 12.4. The molecule has 0 radical (unpaired) electrons. The first-order chi connectivity index (χ1) is 8.88. The van der Waals surface area contributed by atoms with E-state index in [0.717, 1.165) is 13.1 Å². The van der Waals surface area contributed by atoms with Crippen molar-refractivity contribution in [3.63, 3.8) is 0 Å². The number of pyridine rings is 1. The van der Waals surface area contributed by atoms with E-state index >= 15 is 0 Å². The van der Waals surface area contributed by atoms with Crippen molar-refractivity contribution in [3.8, 4) is 0 Å². The Bertz CT molecular complexity index is 525. The molecule has 0 bridgehead atoms. The maximum absolute atomic E-state index is 5.70. The van der Waals surface area contributed by atoms with Crippen LogP contribution in [-0.2, 0) is 0 Å². The molecule has 0 aliphatic carbocycles. The molecule has 3 nitrogen and oxygen atoms in total. The van der Waals surface area contributed by atoms with E-state index in [0.29, 0.717) is 12.6 Å². The van der Waals surface area contributed by atoms with Gasteiger partial charge in [0.2, 0.25) is 0 Å². The largest absolute Gasteiger partial charge is 0.318 e. The minimum atomic E-state index is 0.666. The van der Waals surface area contributed by atoms with Gasteiger partial charge in [0.25, 0.3) is 0 Å². The number of aromatic nitrogens is 1. The van der Waals surface area contributed by atoms with Crippen LogP contribution in [0.1, 0.15) is 24.3 Å². The highest BCUT2D eigenvalue weighted by molar-refractivity contribution is 5.85. The second-order valence-electron chi connectivity index (χ2n) is 5.02. The van der Waals surface area contributed by atoms with Gasteiger partial charge in [0, 0.05) is 24.4 Å².